The predicted molar refractivity (Wildman–Crippen MR) is 56.1 cm³/mol. The van der Waals surface area contributed by atoms with Crippen LogP contribution >= 0.6 is 0 Å². The molecule has 0 amide bonds. The molecule has 0 spiro atoms. The lowest BCUT2D eigenvalue weighted by Gasteiger charge is -2.11. The lowest BCUT2D eigenvalue weighted by Crippen LogP contribution is -2.06. The molecule has 0 saturated carbocycles. The summed E-state index contributed by atoms with van der Waals surface area (Å²) in [5, 5.41) is 19.6. The lowest BCUT2D eigenvalue weighted by atomic mass is 10.0. The van der Waals surface area contributed by atoms with Gasteiger partial charge in [0.25, 0.3) is 5.69 Å². The number of carboxylic acid groups (broad SMARTS) is 1. The smallest absolute Gasteiger partial charge is 0.339 e. The van der Waals surface area contributed by atoms with Crippen molar-refractivity contribution in [3.8, 4) is 5.75 Å². The Balaban J connectivity index is 3.62. The fraction of sp³-hybridized carbons (Fsp3) is 0.300. The van der Waals surface area contributed by atoms with Crippen molar-refractivity contribution in [3.05, 3.63) is 32.9 Å². The third-order valence-corrected chi connectivity index (χ3v) is 2.44. The zero-order chi connectivity index (χ0) is 12.5. The summed E-state index contributed by atoms with van der Waals surface area (Å²) in [7, 11) is 1.33. The Morgan fingerprint density at radius 2 is 2.00 bits per heavy atom. The highest BCUT2D eigenvalue weighted by molar-refractivity contribution is 5.92. The van der Waals surface area contributed by atoms with Gasteiger partial charge in [-0.2, -0.15) is 0 Å². The normalized spacial score (nSPS) is 9.94. The van der Waals surface area contributed by atoms with Crippen molar-refractivity contribution in [2.24, 2.45) is 0 Å². The fourth-order valence-electron chi connectivity index (χ4n) is 1.49. The molecule has 0 heterocycles. The number of aromatic carboxylic acids is 1. The number of carbonyl (C=O) groups is 1. The van der Waals surface area contributed by atoms with E-state index in [2.05, 4.69) is 0 Å². The minimum atomic E-state index is -1.25. The Bertz CT molecular complexity index is 467. The molecule has 0 aromatic heterocycles. The number of ether oxygens (including phenoxy) is 1. The van der Waals surface area contributed by atoms with Crippen molar-refractivity contribution in [3.63, 3.8) is 0 Å². The summed E-state index contributed by atoms with van der Waals surface area (Å²) in [6.07, 6.45) is 0. The van der Waals surface area contributed by atoms with Gasteiger partial charge >= 0.3 is 5.97 Å². The molecule has 0 unspecified atom stereocenters. The molecule has 0 aliphatic rings. The van der Waals surface area contributed by atoms with Gasteiger partial charge < -0.3 is 9.84 Å². The van der Waals surface area contributed by atoms with Crippen LogP contribution in [0.5, 0.6) is 5.75 Å². The third-order valence-electron chi connectivity index (χ3n) is 2.44. The van der Waals surface area contributed by atoms with Crippen LogP contribution in [-0.4, -0.2) is 23.1 Å². The van der Waals surface area contributed by atoms with E-state index in [4.69, 9.17) is 9.84 Å². The molecule has 0 atom stereocenters. The second-order valence-corrected chi connectivity index (χ2v) is 3.29. The van der Waals surface area contributed by atoms with E-state index in [-0.39, 0.29) is 17.0 Å². The number of rotatable bonds is 3. The quantitative estimate of drug-likeness (QED) is 0.626. The molecule has 1 aromatic rings. The van der Waals surface area contributed by atoms with Gasteiger partial charge in [0.1, 0.15) is 11.3 Å². The first-order valence-electron chi connectivity index (χ1n) is 4.46. The van der Waals surface area contributed by atoms with E-state index in [1.165, 1.54) is 7.11 Å². The van der Waals surface area contributed by atoms with Crippen LogP contribution in [0.3, 0.4) is 0 Å². The minimum Gasteiger partial charge on any atom is -0.496 e. The summed E-state index contributed by atoms with van der Waals surface area (Å²) in [5.41, 5.74) is 0.467. The summed E-state index contributed by atoms with van der Waals surface area (Å²) in [6, 6.07) is 1.02. The van der Waals surface area contributed by atoms with E-state index >= 15 is 0 Å². The molecule has 0 fully saturated rings. The van der Waals surface area contributed by atoms with Gasteiger partial charge in [0.05, 0.1) is 12.0 Å². The summed E-state index contributed by atoms with van der Waals surface area (Å²) < 4.78 is 4.95. The minimum absolute atomic E-state index is 0.163. The predicted octanol–water partition coefficient (Wildman–Crippen LogP) is 1.92. The maximum atomic E-state index is 10.9. The zero-order valence-electron chi connectivity index (χ0n) is 9.10. The second kappa shape index (κ2) is 4.18. The van der Waals surface area contributed by atoms with Crippen molar-refractivity contribution in [1.82, 2.24) is 0 Å². The molecule has 0 bridgehead atoms. The van der Waals surface area contributed by atoms with Crippen LogP contribution in [0.4, 0.5) is 5.69 Å². The van der Waals surface area contributed by atoms with E-state index in [0.717, 1.165) is 6.07 Å². The second-order valence-electron chi connectivity index (χ2n) is 3.29. The molecule has 6 nitrogen and oxygen atoms in total. The highest BCUT2D eigenvalue weighted by Gasteiger charge is 2.23. The van der Waals surface area contributed by atoms with Gasteiger partial charge in [-0.15, -0.1) is 0 Å². The topological polar surface area (TPSA) is 89.7 Å². The number of nitro benzene ring substituents is 1. The molecule has 1 rings (SSSR count). The van der Waals surface area contributed by atoms with Gasteiger partial charge in [0.15, 0.2) is 0 Å². The zero-order valence-corrected chi connectivity index (χ0v) is 9.10. The lowest BCUT2D eigenvalue weighted by molar-refractivity contribution is -0.385. The third kappa shape index (κ3) is 1.81. The number of hydrogen-bond donors (Lipinski definition) is 1. The van der Waals surface area contributed by atoms with E-state index in [1.807, 2.05) is 0 Å². The van der Waals surface area contributed by atoms with Crippen LogP contribution in [0.15, 0.2) is 6.07 Å². The standard InChI is InChI=1S/C10H11NO5/c1-5-6(2)9(16-3)7(10(12)13)4-8(5)11(14)15/h4H,1-3H3,(H,12,13). The van der Waals surface area contributed by atoms with Crippen molar-refractivity contribution >= 4 is 11.7 Å². The number of hydrogen-bond acceptors (Lipinski definition) is 4. The van der Waals surface area contributed by atoms with Gasteiger partial charge in [-0.1, -0.05) is 0 Å². The van der Waals surface area contributed by atoms with Crippen LogP contribution < -0.4 is 4.74 Å². The average Bonchev–Trinajstić information content (AvgIpc) is 2.20. The number of methoxy groups -OCH3 is 1. The Morgan fingerprint density at radius 1 is 1.44 bits per heavy atom. The largest absolute Gasteiger partial charge is 0.496 e. The van der Waals surface area contributed by atoms with Gasteiger partial charge in [0, 0.05) is 17.2 Å². The van der Waals surface area contributed by atoms with Crippen LogP contribution in [0.25, 0.3) is 0 Å². The molecular weight excluding hydrogens is 214 g/mol. The first-order chi connectivity index (χ1) is 7.40. The van der Waals surface area contributed by atoms with E-state index in [0.29, 0.717) is 11.1 Å². The molecule has 0 aliphatic heterocycles. The molecule has 0 saturated heterocycles. The Labute approximate surface area is 91.6 Å². The van der Waals surface area contributed by atoms with Gasteiger partial charge in [0.2, 0.25) is 0 Å². The maximum absolute atomic E-state index is 10.9. The number of carboxylic acids is 1. The van der Waals surface area contributed by atoms with Crippen molar-refractivity contribution < 1.29 is 19.6 Å². The molecule has 0 aliphatic carbocycles. The number of benzene rings is 1. The maximum Gasteiger partial charge on any atom is 0.339 e. The Kier molecular flexibility index (Phi) is 3.12. The summed E-state index contributed by atoms with van der Waals surface area (Å²) in [5.74, 6) is -1.08. The highest BCUT2D eigenvalue weighted by atomic mass is 16.6. The monoisotopic (exact) mass is 225 g/mol. The Hall–Kier alpha value is -2.11. The molecule has 16 heavy (non-hydrogen) atoms. The molecule has 6 heteroatoms. The molecular formula is C10H11NO5. The van der Waals surface area contributed by atoms with Crippen LogP contribution in [0.1, 0.15) is 21.5 Å². The molecule has 1 N–H and O–H groups in total. The van der Waals surface area contributed by atoms with Crippen LogP contribution in [0.2, 0.25) is 0 Å². The summed E-state index contributed by atoms with van der Waals surface area (Å²) in [4.78, 5) is 21.0. The average molecular weight is 225 g/mol. The summed E-state index contributed by atoms with van der Waals surface area (Å²) in [6.45, 7) is 3.15. The van der Waals surface area contributed by atoms with Gasteiger partial charge in [-0.3, -0.25) is 10.1 Å². The molecule has 0 radical (unpaired) electrons. The van der Waals surface area contributed by atoms with Crippen molar-refractivity contribution in [2.75, 3.05) is 7.11 Å². The van der Waals surface area contributed by atoms with Gasteiger partial charge in [-0.05, 0) is 13.8 Å². The number of nitro groups is 1. The van der Waals surface area contributed by atoms with Crippen LogP contribution in [-0.2, 0) is 0 Å². The Morgan fingerprint density at radius 3 is 2.38 bits per heavy atom. The van der Waals surface area contributed by atoms with Gasteiger partial charge in [-0.25, -0.2) is 4.79 Å². The number of nitrogens with zero attached hydrogens (tertiary/aromatic N) is 1. The molecule has 86 valence electrons. The molecule has 1 aromatic carbocycles. The van der Waals surface area contributed by atoms with E-state index in [9.17, 15) is 14.9 Å². The van der Waals surface area contributed by atoms with Crippen LogP contribution in [0, 0.1) is 24.0 Å². The van der Waals surface area contributed by atoms with E-state index < -0.39 is 10.9 Å². The summed E-state index contributed by atoms with van der Waals surface area (Å²) >= 11 is 0. The van der Waals surface area contributed by atoms with E-state index in [1.54, 1.807) is 13.8 Å². The first kappa shape index (κ1) is 12.0. The SMILES string of the molecule is COc1c(C(=O)O)cc([N+](=O)[O-])c(C)c1C. The fourth-order valence-corrected chi connectivity index (χ4v) is 1.49. The van der Waals surface area contributed by atoms with Crippen molar-refractivity contribution in [1.29, 1.82) is 0 Å². The highest BCUT2D eigenvalue weighted by Crippen LogP contribution is 2.32. The first-order valence-corrected chi connectivity index (χ1v) is 4.46. The van der Waals surface area contributed by atoms with Crippen molar-refractivity contribution in [2.45, 2.75) is 13.8 Å².